The lowest BCUT2D eigenvalue weighted by Crippen LogP contribution is -2.18. The van der Waals surface area contributed by atoms with Crippen molar-refractivity contribution in [2.45, 2.75) is 34.1 Å². The predicted octanol–water partition coefficient (Wildman–Crippen LogP) is 2.51. The second-order valence-electron chi connectivity index (χ2n) is 3.27. The SMILES string of the molecule is CC/C(=N\C)C(C)(C)C. The van der Waals surface area contributed by atoms with Crippen LogP contribution >= 0.6 is 0 Å². The fraction of sp³-hybridized carbons (Fsp3) is 0.875. The Morgan fingerprint density at radius 2 is 1.78 bits per heavy atom. The van der Waals surface area contributed by atoms with E-state index in [0.29, 0.717) is 0 Å². The third-order valence-electron chi connectivity index (χ3n) is 1.47. The molecular weight excluding hydrogens is 110 g/mol. The second kappa shape index (κ2) is 3.00. The average molecular weight is 127 g/mol. The van der Waals surface area contributed by atoms with E-state index in [1.807, 2.05) is 7.05 Å². The first-order valence-electron chi connectivity index (χ1n) is 3.48. The molecule has 1 nitrogen and oxygen atoms in total. The van der Waals surface area contributed by atoms with E-state index in [-0.39, 0.29) is 5.41 Å². The maximum absolute atomic E-state index is 4.19. The molecule has 54 valence electrons. The van der Waals surface area contributed by atoms with Crippen molar-refractivity contribution in [2.75, 3.05) is 7.05 Å². The van der Waals surface area contributed by atoms with E-state index in [0.717, 1.165) is 6.42 Å². The normalized spacial score (nSPS) is 14.1. The minimum Gasteiger partial charge on any atom is -0.297 e. The largest absolute Gasteiger partial charge is 0.297 e. The zero-order valence-electron chi connectivity index (χ0n) is 7.15. The van der Waals surface area contributed by atoms with Gasteiger partial charge in [-0.2, -0.15) is 0 Å². The third-order valence-corrected chi connectivity index (χ3v) is 1.47. The number of rotatable bonds is 1. The van der Waals surface area contributed by atoms with Crippen LogP contribution in [-0.2, 0) is 0 Å². The lowest BCUT2D eigenvalue weighted by Gasteiger charge is -2.19. The first-order valence-corrected chi connectivity index (χ1v) is 3.48. The highest BCUT2D eigenvalue weighted by molar-refractivity contribution is 5.88. The van der Waals surface area contributed by atoms with Crippen molar-refractivity contribution in [3.05, 3.63) is 0 Å². The van der Waals surface area contributed by atoms with Gasteiger partial charge in [0.05, 0.1) is 0 Å². The highest BCUT2D eigenvalue weighted by Crippen LogP contribution is 2.17. The van der Waals surface area contributed by atoms with Crippen LogP contribution in [0, 0.1) is 5.41 Å². The van der Waals surface area contributed by atoms with Crippen molar-refractivity contribution in [1.29, 1.82) is 0 Å². The highest BCUT2D eigenvalue weighted by Gasteiger charge is 2.15. The van der Waals surface area contributed by atoms with Crippen LogP contribution in [0.5, 0.6) is 0 Å². The van der Waals surface area contributed by atoms with Gasteiger partial charge < -0.3 is 0 Å². The number of nitrogens with zero attached hydrogens (tertiary/aromatic N) is 1. The van der Waals surface area contributed by atoms with Gasteiger partial charge in [0.25, 0.3) is 0 Å². The summed E-state index contributed by atoms with van der Waals surface area (Å²) in [5, 5.41) is 0. The maximum atomic E-state index is 4.19. The molecular formula is C8H17N. The fourth-order valence-corrected chi connectivity index (χ4v) is 1.02. The van der Waals surface area contributed by atoms with E-state index >= 15 is 0 Å². The molecule has 0 saturated carbocycles. The monoisotopic (exact) mass is 127 g/mol. The summed E-state index contributed by atoms with van der Waals surface area (Å²) < 4.78 is 0. The van der Waals surface area contributed by atoms with Gasteiger partial charge in [0.1, 0.15) is 0 Å². The second-order valence-corrected chi connectivity index (χ2v) is 3.27. The Hall–Kier alpha value is -0.330. The molecule has 0 fully saturated rings. The first-order chi connectivity index (χ1) is 4.02. The predicted molar refractivity (Wildman–Crippen MR) is 43.1 cm³/mol. The van der Waals surface area contributed by atoms with Crippen LogP contribution in [0.2, 0.25) is 0 Å². The molecule has 0 aliphatic rings. The molecule has 0 radical (unpaired) electrons. The molecule has 0 heterocycles. The average Bonchev–Trinajstić information content (AvgIpc) is 1.65. The van der Waals surface area contributed by atoms with E-state index in [1.165, 1.54) is 5.71 Å². The van der Waals surface area contributed by atoms with Gasteiger partial charge in [0.2, 0.25) is 0 Å². The lowest BCUT2D eigenvalue weighted by atomic mass is 9.88. The Labute approximate surface area is 58.2 Å². The van der Waals surface area contributed by atoms with Crippen LogP contribution < -0.4 is 0 Å². The van der Waals surface area contributed by atoms with Crippen LogP contribution in [0.4, 0.5) is 0 Å². The van der Waals surface area contributed by atoms with Crippen molar-refractivity contribution in [3.63, 3.8) is 0 Å². The molecule has 0 amide bonds. The zero-order chi connectivity index (χ0) is 7.49. The highest BCUT2D eigenvalue weighted by atomic mass is 14.7. The summed E-state index contributed by atoms with van der Waals surface area (Å²) in [6.07, 6.45) is 1.07. The standard InChI is InChI=1S/C8H17N/c1-6-7(9-5)8(2,3)4/h6H2,1-5H3/b9-7+. The van der Waals surface area contributed by atoms with Gasteiger partial charge in [0.15, 0.2) is 0 Å². The Morgan fingerprint density at radius 3 is 1.78 bits per heavy atom. The quantitative estimate of drug-likeness (QED) is 0.480. The number of aliphatic imine (C=N–C) groups is 1. The van der Waals surface area contributed by atoms with Crippen LogP contribution in [0.25, 0.3) is 0 Å². The Bertz CT molecular complexity index is 106. The van der Waals surface area contributed by atoms with Crippen molar-refractivity contribution in [2.24, 2.45) is 10.4 Å². The molecule has 1 heteroatoms. The van der Waals surface area contributed by atoms with Crippen LogP contribution in [0.15, 0.2) is 4.99 Å². The smallest absolute Gasteiger partial charge is 0.0276 e. The van der Waals surface area contributed by atoms with Crippen LogP contribution in [0.3, 0.4) is 0 Å². The number of hydrogen-bond acceptors (Lipinski definition) is 1. The Balaban J connectivity index is 4.14. The molecule has 0 aromatic heterocycles. The van der Waals surface area contributed by atoms with Crippen LogP contribution in [-0.4, -0.2) is 12.8 Å². The molecule has 0 aromatic carbocycles. The van der Waals surface area contributed by atoms with Gasteiger partial charge in [0, 0.05) is 12.8 Å². The molecule has 0 bridgehead atoms. The van der Waals surface area contributed by atoms with Gasteiger partial charge in [-0.15, -0.1) is 0 Å². The van der Waals surface area contributed by atoms with Crippen molar-refractivity contribution < 1.29 is 0 Å². The minimum atomic E-state index is 0.267. The molecule has 0 spiro atoms. The van der Waals surface area contributed by atoms with E-state index in [4.69, 9.17) is 0 Å². The summed E-state index contributed by atoms with van der Waals surface area (Å²) in [6.45, 7) is 8.73. The van der Waals surface area contributed by atoms with Crippen molar-refractivity contribution in [3.8, 4) is 0 Å². The molecule has 0 aliphatic heterocycles. The lowest BCUT2D eigenvalue weighted by molar-refractivity contribution is 0.579. The third kappa shape index (κ3) is 2.64. The van der Waals surface area contributed by atoms with E-state index in [2.05, 4.69) is 32.7 Å². The van der Waals surface area contributed by atoms with Gasteiger partial charge >= 0.3 is 0 Å². The van der Waals surface area contributed by atoms with Gasteiger partial charge in [-0.1, -0.05) is 27.7 Å². The van der Waals surface area contributed by atoms with E-state index in [1.54, 1.807) is 0 Å². The Morgan fingerprint density at radius 1 is 1.33 bits per heavy atom. The summed E-state index contributed by atoms with van der Waals surface area (Å²) in [5.74, 6) is 0. The zero-order valence-corrected chi connectivity index (χ0v) is 7.15. The molecule has 9 heavy (non-hydrogen) atoms. The van der Waals surface area contributed by atoms with E-state index in [9.17, 15) is 0 Å². The minimum absolute atomic E-state index is 0.267. The molecule has 0 aromatic rings. The summed E-state index contributed by atoms with van der Waals surface area (Å²) in [6, 6.07) is 0. The molecule has 0 unspecified atom stereocenters. The van der Waals surface area contributed by atoms with Gasteiger partial charge in [-0.3, -0.25) is 4.99 Å². The topological polar surface area (TPSA) is 12.4 Å². The molecule has 0 atom stereocenters. The van der Waals surface area contributed by atoms with Crippen molar-refractivity contribution in [1.82, 2.24) is 0 Å². The molecule has 0 saturated heterocycles. The maximum Gasteiger partial charge on any atom is 0.0276 e. The van der Waals surface area contributed by atoms with E-state index < -0.39 is 0 Å². The number of hydrogen-bond donors (Lipinski definition) is 0. The first kappa shape index (κ1) is 8.67. The molecule has 0 aliphatic carbocycles. The summed E-state index contributed by atoms with van der Waals surface area (Å²) in [5.41, 5.74) is 1.56. The fourth-order valence-electron chi connectivity index (χ4n) is 1.02. The Kier molecular flexibility index (Phi) is 2.89. The molecule has 0 N–H and O–H groups in total. The van der Waals surface area contributed by atoms with Crippen LogP contribution in [0.1, 0.15) is 34.1 Å². The van der Waals surface area contributed by atoms with Gasteiger partial charge in [-0.05, 0) is 11.8 Å². The molecule has 0 rings (SSSR count). The van der Waals surface area contributed by atoms with Crippen molar-refractivity contribution >= 4 is 5.71 Å². The summed E-state index contributed by atoms with van der Waals surface area (Å²) >= 11 is 0. The summed E-state index contributed by atoms with van der Waals surface area (Å²) in [7, 11) is 1.87. The summed E-state index contributed by atoms with van der Waals surface area (Å²) in [4.78, 5) is 4.19. The van der Waals surface area contributed by atoms with Gasteiger partial charge in [-0.25, -0.2) is 0 Å².